The summed E-state index contributed by atoms with van der Waals surface area (Å²) in [5, 5.41) is 11.4. The molecule has 0 saturated carbocycles. The van der Waals surface area contributed by atoms with Crippen LogP contribution in [0, 0.1) is 6.92 Å². The quantitative estimate of drug-likeness (QED) is 0.430. The summed E-state index contributed by atoms with van der Waals surface area (Å²) in [4.78, 5) is 21.9. The Labute approximate surface area is 177 Å². The first-order valence-electron chi connectivity index (χ1n) is 8.64. The number of halogens is 1. The molecule has 1 heterocycles. The molecule has 0 fully saturated rings. The second kappa shape index (κ2) is 9.07. The summed E-state index contributed by atoms with van der Waals surface area (Å²) >= 11 is 7.26. The zero-order chi connectivity index (χ0) is 21.0. The maximum absolute atomic E-state index is 12.6. The molecule has 8 heteroatoms. The molecule has 0 aliphatic rings. The second-order valence-electron chi connectivity index (χ2n) is 6.11. The van der Waals surface area contributed by atoms with Crippen molar-refractivity contribution in [3.05, 3.63) is 57.6 Å². The molecule has 0 atom stereocenters. The maximum Gasteiger partial charge on any atom is 0.200 e. The molecule has 0 aliphatic carbocycles. The lowest BCUT2D eigenvalue weighted by Crippen LogP contribution is -2.03. The molecule has 150 valence electrons. The Bertz CT molecular complexity index is 1040. The van der Waals surface area contributed by atoms with Gasteiger partial charge < -0.3 is 14.6 Å². The third-order valence-electron chi connectivity index (χ3n) is 4.12. The highest BCUT2D eigenvalue weighted by atomic mass is 35.5. The van der Waals surface area contributed by atoms with Crippen molar-refractivity contribution in [3.63, 3.8) is 0 Å². The number of hydrogen-bond donors (Lipinski definition) is 1. The monoisotopic (exact) mass is 430 g/mol. The first-order chi connectivity index (χ1) is 13.9. The van der Waals surface area contributed by atoms with Gasteiger partial charge in [0.1, 0.15) is 11.6 Å². The summed E-state index contributed by atoms with van der Waals surface area (Å²) in [7, 11) is 2.90. The minimum atomic E-state index is -0.117. The zero-order valence-corrected chi connectivity index (χ0v) is 17.7. The van der Waals surface area contributed by atoms with Crippen LogP contribution in [0.3, 0.4) is 0 Å². The number of phenols is 1. The number of aliphatic imine (C=N–C) groups is 1. The fraction of sp³-hybridized carbons (Fsp3) is 0.190. The Morgan fingerprint density at radius 1 is 1.21 bits per heavy atom. The summed E-state index contributed by atoms with van der Waals surface area (Å²) in [5.74, 6) is 0.332. The van der Waals surface area contributed by atoms with Crippen LogP contribution in [-0.2, 0) is 0 Å². The van der Waals surface area contributed by atoms with Gasteiger partial charge >= 0.3 is 0 Å². The first kappa shape index (κ1) is 20.8. The fourth-order valence-corrected chi connectivity index (χ4v) is 3.79. The van der Waals surface area contributed by atoms with E-state index in [0.717, 1.165) is 10.6 Å². The molecule has 1 aromatic heterocycles. The van der Waals surface area contributed by atoms with Crippen molar-refractivity contribution in [1.82, 2.24) is 4.98 Å². The van der Waals surface area contributed by atoms with E-state index in [4.69, 9.17) is 21.1 Å². The lowest BCUT2D eigenvalue weighted by atomic mass is 10.2. The van der Waals surface area contributed by atoms with Gasteiger partial charge in [-0.1, -0.05) is 23.7 Å². The Hall–Kier alpha value is -2.90. The van der Waals surface area contributed by atoms with Crippen LogP contribution in [0.5, 0.6) is 17.2 Å². The Balaban J connectivity index is 1.75. The number of methoxy groups -OCH3 is 2. The summed E-state index contributed by atoms with van der Waals surface area (Å²) < 4.78 is 10.2. The SMILES string of the molecule is COc1cc(C=NCC(=O)c2sc(-c3ccc(Cl)cc3)nc2C)cc(OC)c1O. The second-order valence-corrected chi connectivity index (χ2v) is 7.54. The molecular formula is C21H19ClN2O4S. The summed E-state index contributed by atoms with van der Waals surface area (Å²) in [6, 6.07) is 10.6. The van der Waals surface area contributed by atoms with E-state index in [2.05, 4.69) is 9.98 Å². The average molecular weight is 431 g/mol. The smallest absolute Gasteiger partial charge is 0.200 e. The van der Waals surface area contributed by atoms with Crippen molar-refractivity contribution in [2.45, 2.75) is 6.92 Å². The molecule has 3 rings (SSSR count). The van der Waals surface area contributed by atoms with E-state index in [1.807, 2.05) is 19.1 Å². The summed E-state index contributed by atoms with van der Waals surface area (Å²) in [5.41, 5.74) is 2.23. The molecule has 1 N–H and O–H groups in total. The number of aryl methyl sites for hydroxylation is 1. The van der Waals surface area contributed by atoms with Crippen LogP contribution in [0.4, 0.5) is 0 Å². The largest absolute Gasteiger partial charge is 0.502 e. The van der Waals surface area contributed by atoms with Crippen LogP contribution in [0.1, 0.15) is 20.9 Å². The minimum Gasteiger partial charge on any atom is -0.502 e. The third-order valence-corrected chi connectivity index (χ3v) is 5.62. The van der Waals surface area contributed by atoms with Gasteiger partial charge in [-0.15, -0.1) is 11.3 Å². The summed E-state index contributed by atoms with van der Waals surface area (Å²) in [6.45, 7) is 1.79. The molecular weight excluding hydrogens is 412 g/mol. The highest BCUT2D eigenvalue weighted by Gasteiger charge is 2.16. The molecule has 0 radical (unpaired) electrons. The maximum atomic E-state index is 12.6. The Kier molecular flexibility index (Phi) is 6.51. The molecule has 6 nitrogen and oxygen atoms in total. The standard InChI is InChI=1S/C21H19ClN2O4S/c1-12-20(29-21(24-12)14-4-6-15(22)7-5-14)16(25)11-23-10-13-8-17(27-2)19(26)18(9-13)28-3/h4-10,26H,11H2,1-3H3. The number of hydrogen-bond acceptors (Lipinski definition) is 7. The third kappa shape index (κ3) is 4.75. The van der Waals surface area contributed by atoms with Gasteiger partial charge in [-0.05, 0) is 36.8 Å². The zero-order valence-electron chi connectivity index (χ0n) is 16.1. The highest BCUT2D eigenvalue weighted by Crippen LogP contribution is 2.36. The predicted octanol–water partition coefficient (Wildman–Crippen LogP) is 4.80. The predicted molar refractivity (Wildman–Crippen MR) is 115 cm³/mol. The molecule has 0 saturated heterocycles. The molecule has 0 unspecified atom stereocenters. The van der Waals surface area contributed by atoms with Crippen molar-refractivity contribution >= 4 is 34.9 Å². The number of carbonyl (C=O) groups is 1. The number of phenolic OH excluding ortho intramolecular Hbond substituents is 1. The number of benzene rings is 2. The van der Waals surface area contributed by atoms with Gasteiger partial charge in [0, 0.05) is 16.8 Å². The Morgan fingerprint density at radius 3 is 2.41 bits per heavy atom. The van der Waals surface area contributed by atoms with Crippen LogP contribution in [0.15, 0.2) is 41.4 Å². The van der Waals surface area contributed by atoms with Crippen LogP contribution in [0.25, 0.3) is 10.6 Å². The van der Waals surface area contributed by atoms with Crippen LogP contribution < -0.4 is 9.47 Å². The van der Waals surface area contributed by atoms with Crippen molar-refractivity contribution in [3.8, 4) is 27.8 Å². The highest BCUT2D eigenvalue weighted by molar-refractivity contribution is 7.17. The van der Waals surface area contributed by atoms with Gasteiger partial charge in [-0.25, -0.2) is 4.98 Å². The number of ether oxygens (including phenoxy) is 2. The van der Waals surface area contributed by atoms with E-state index < -0.39 is 0 Å². The average Bonchev–Trinajstić information content (AvgIpc) is 3.11. The van der Waals surface area contributed by atoms with Crippen LogP contribution in [0.2, 0.25) is 5.02 Å². The molecule has 0 amide bonds. The van der Waals surface area contributed by atoms with Crippen molar-refractivity contribution in [2.75, 3.05) is 20.8 Å². The van der Waals surface area contributed by atoms with E-state index in [1.165, 1.54) is 25.6 Å². The number of ketones is 1. The molecule has 0 spiro atoms. The van der Waals surface area contributed by atoms with Gasteiger partial charge in [0.2, 0.25) is 5.75 Å². The van der Waals surface area contributed by atoms with Crippen LogP contribution in [-0.4, -0.2) is 42.9 Å². The number of rotatable bonds is 7. The lowest BCUT2D eigenvalue weighted by Gasteiger charge is -2.09. The number of carbonyl (C=O) groups excluding carboxylic acids is 1. The van der Waals surface area contributed by atoms with Gasteiger partial charge in [0.25, 0.3) is 0 Å². The van der Waals surface area contributed by atoms with Gasteiger partial charge in [0.05, 0.1) is 24.8 Å². The molecule has 3 aromatic rings. The van der Waals surface area contributed by atoms with E-state index >= 15 is 0 Å². The van der Waals surface area contributed by atoms with E-state index in [9.17, 15) is 9.90 Å². The lowest BCUT2D eigenvalue weighted by molar-refractivity contribution is 0.100. The number of nitrogens with zero attached hydrogens (tertiary/aromatic N) is 2. The van der Waals surface area contributed by atoms with Crippen LogP contribution >= 0.6 is 22.9 Å². The van der Waals surface area contributed by atoms with Crippen molar-refractivity contribution in [2.24, 2.45) is 4.99 Å². The molecule has 0 bridgehead atoms. The number of thiazole rings is 1. The van der Waals surface area contributed by atoms with E-state index in [-0.39, 0.29) is 29.6 Å². The van der Waals surface area contributed by atoms with Crippen molar-refractivity contribution < 1.29 is 19.4 Å². The molecule has 2 aromatic carbocycles. The summed E-state index contributed by atoms with van der Waals surface area (Å²) in [6.07, 6.45) is 1.54. The minimum absolute atomic E-state index is 0.0192. The number of Topliss-reactive ketones (excluding diaryl/α,β-unsaturated/α-hetero) is 1. The Morgan fingerprint density at radius 2 is 1.83 bits per heavy atom. The molecule has 29 heavy (non-hydrogen) atoms. The van der Waals surface area contributed by atoms with Gasteiger partial charge in [0.15, 0.2) is 17.3 Å². The van der Waals surface area contributed by atoms with Crippen molar-refractivity contribution in [1.29, 1.82) is 0 Å². The topological polar surface area (TPSA) is 81.0 Å². The van der Waals surface area contributed by atoms with E-state index in [0.29, 0.717) is 21.2 Å². The molecule has 0 aliphatic heterocycles. The fourth-order valence-electron chi connectivity index (χ4n) is 2.67. The van der Waals surface area contributed by atoms with Gasteiger partial charge in [-0.2, -0.15) is 0 Å². The first-order valence-corrected chi connectivity index (χ1v) is 9.83. The normalized spacial score (nSPS) is 11.0. The number of aromatic nitrogens is 1. The number of aromatic hydroxyl groups is 1. The van der Waals surface area contributed by atoms with E-state index in [1.54, 1.807) is 30.5 Å². The van der Waals surface area contributed by atoms with Gasteiger partial charge in [-0.3, -0.25) is 9.79 Å².